The van der Waals surface area contributed by atoms with Crippen molar-refractivity contribution in [3.63, 3.8) is 0 Å². The van der Waals surface area contributed by atoms with Crippen LogP contribution in [0.4, 0.5) is 0 Å². The van der Waals surface area contributed by atoms with Crippen molar-refractivity contribution in [2.24, 2.45) is 5.73 Å². The van der Waals surface area contributed by atoms with Gasteiger partial charge in [0.1, 0.15) is 0 Å². The van der Waals surface area contributed by atoms with Gasteiger partial charge in [0.05, 0.1) is 11.2 Å². The fourth-order valence-corrected chi connectivity index (χ4v) is 2.62. The predicted molar refractivity (Wildman–Crippen MR) is 95.6 cm³/mol. The average Bonchev–Trinajstić information content (AvgIpc) is 2.53. The first-order chi connectivity index (χ1) is 11.6. The lowest BCUT2D eigenvalue weighted by Gasteiger charge is -2.35. The number of carboxylic acid groups (broad SMARTS) is 1. The monoisotopic (exact) mass is 341 g/mol. The molecule has 0 amide bonds. The van der Waals surface area contributed by atoms with Gasteiger partial charge < -0.3 is 9.84 Å². The van der Waals surface area contributed by atoms with Crippen molar-refractivity contribution in [2.45, 2.75) is 38.5 Å². The van der Waals surface area contributed by atoms with Gasteiger partial charge in [-0.3, -0.25) is 10.5 Å². The van der Waals surface area contributed by atoms with Gasteiger partial charge in [-0.15, -0.1) is 0 Å². The van der Waals surface area contributed by atoms with Gasteiger partial charge in [0.15, 0.2) is 5.72 Å². The molecule has 1 atom stereocenters. The molecule has 2 aromatic rings. The van der Waals surface area contributed by atoms with E-state index in [0.717, 1.165) is 5.56 Å². The van der Waals surface area contributed by atoms with E-state index < -0.39 is 17.3 Å². The zero-order valence-corrected chi connectivity index (χ0v) is 14.7. The molecule has 0 aromatic heterocycles. The maximum atomic E-state index is 13.0. The molecule has 132 valence electrons. The number of hydrogen-bond donors (Lipinski definition) is 2. The van der Waals surface area contributed by atoms with Crippen LogP contribution < -0.4 is 5.73 Å². The van der Waals surface area contributed by atoms with Crippen molar-refractivity contribution in [1.82, 2.24) is 0 Å². The van der Waals surface area contributed by atoms with Crippen LogP contribution in [0.2, 0.25) is 0 Å². The van der Waals surface area contributed by atoms with E-state index in [-0.39, 0.29) is 17.8 Å². The Hall–Kier alpha value is -2.50. The van der Waals surface area contributed by atoms with Crippen LogP contribution in [0, 0.1) is 0 Å². The maximum absolute atomic E-state index is 13.0. The smallest absolute Gasteiger partial charge is 0.335 e. The first-order valence-electron chi connectivity index (χ1n) is 8.02. The summed E-state index contributed by atoms with van der Waals surface area (Å²) in [5.74, 6) is -1.43. The first kappa shape index (κ1) is 18.8. The Bertz CT molecular complexity index is 748. The molecule has 0 saturated carbocycles. The second kappa shape index (κ2) is 7.17. The molecule has 5 heteroatoms. The summed E-state index contributed by atoms with van der Waals surface area (Å²) in [5, 5.41) is 8.99. The third-order valence-corrected chi connectivity index (χ3v) is 3.58. The van der Waals surface area contributed by atoms with Gasteiger partial charge in [-0.25, -0.2) is 4.79 Å². The molecule has 2 aromatic carbocycles. The molecule has 0 saturated heterocycles. The van der Waals surface area contributed by atoms with Gasteiger partial charge in [-0.1, -0.05) is 42.5 Å². The van der Waals surface area contributed by atoms with Crippen LogP contribution in [-0.4, -0.2) is 28.2 Å². The van der Waals surface area contributed by atoms with Crippen LogP contribution in [0.3, 0.4) is 0 Å². The minimum Gasteiger partial charge on any atom is -0.478 e. The highest BCUT2D eigenvalue weighted by atomic mass is 16.5. The molecular formula is C20H23NO4. The van der Waals surface area contributed by atoms with E-state index in [2.05, 4.69) is 0 Å². The lowest BCUT2D eigenvalue weighted by atomic mass is 9.93. The standard InChI is InChI=1S/C20H23NO4/c1-19(2,3)25-20(21,13-14-7-5-4-6-8-14)17(22)15-9-11-16(12-10-15)18(23)24/h4-12H,13,21H2,1-3H3,(H,23,24)/t20-/m0/s1. The quantitative estimate of drug-likeness (QED) is 0.622. The highest BCUT2D eigenvalue weighted by Gasteiger charge is 2.39. The maximum Gasteiger partial charge on any atom is 0.335 e. The highest BCUT2D eigenvalue weighted by molar-refractivity contribution is 6.03. The Morgan fingerprint density at radius 3 is 1.96 bits per heavy atom. The number of ketones is 1. The van der Waals surface area contributed by atoms with E-state index in [0.29, 0.717) is 5.56 Å². The van der Waals surface area contributed by atoms with E-state index in [1.165, 1.54) is 24.3 Å². The Morgan fingerprint density at radius 1 is 0.960 bits per heavy atom. The third kappa shape index (κ3) is 4.98. The van der Waals surface area contributed by atoms with Gasteiger partial charge in [0, 0.05) is 12.0 Å². The molecule has 0 aliphatic rings. The third-order valence-electron chi connectivity index (χ3n) is 3.58. The van der Waals surface area contributed by atoms with Gasteiger partial charge in [-0.2, -0.15) is 0 Å². The van der Waals surface area contributed by atoms with Gasteiger partial charge >= 0.3 is 5.97 Å². The predicted octanol–water partition coefficient (Wildman–Crippen LogP) is 3.28. The molecule has 0 heterocycles. The van der Waals surface area contributed by atoms with Crippen molar-refractivity contribution in [3.05, 3.63) is 71.3 Å². The topological polar surface area (TPSA) is 89.6 Å². The number of ether oxygens (including phenoxy) is 1. The van der Waals surface area contributed by atoms with E-state index in [1.54, 1.807) is 0 Å². The number of Topliss-reactive ketones (excluding diaryl/α,β-unsaturated/α-hetero) is 1. The zero-order chi connectivity index (χ0) is 18.7. The molecule has 0 radical (unpaired) electrons. The SMILES string of the molecule is CC(C)(C)O[C@@](N)(Cc1ccccc1)C(=O)c1ccc(C(=O)O)cc1. The number of carboxylic acids is 1. The van der Waals surface area contributed by atoms with Crippen molar-refractivity contribution in [2.75, 3.05) is 0 Å². The number of nitrogens with two attached hydrogens (primary N) is 1. The first-order valence-corrected chi connectivity index (χ1v) is 8.02. The number of rotatable bonds is 6. The Balaban J connectivity index is 2.36. The second-order valence-electron chi connectivity index (χ2n) is 6.98. The fourth-order valence-electron chi connectivity index (χ4n) is 2.62. The number of carbonyl (C=O) groups excluding carboxylic acids is 1. The highest BCUT2D eigenvalue weighted by Crippen LogP contribution is 2.24. The summed E-state index contributed by atoms with van der Waals surface area (Å²) >= 11 is 0. The molecule has 0 bridgehead atoms. The molecule has 0 fully saturated rings. The fraction of sp³-hybridized carbons (Fsp3) is 0.300. The summed E-state index contributed by atoms with van der Waals surface area (Å²) in [5.41, 5.74) is 5.53. The molecule has 25 heavy (non-hydrogen) atoms. The average molecular weight is 341 g/mol. The van der Waals surface area contributed by atoms with Gasteiger partial charge in [0.2, 0.25) is 5.78 Å². The summed E-state index contributed by atoms with van der Waals surface area (Å²) in [6, 6.07) is 15.1. The molecule has 0 aliphatic carbocycles. The number of carbonyl (C=O) groups is 2. The van der Waals surface area contributed by atoms with Crippen molar-refractivity contribution >= 4 is 11.8 Å². The summed E-state index contributed by atoms with van der Waals surface area (Å²) in [6.45, 7) is 5.50. The largest absolute Gasteiger partial charge is 0.478 e. The number of hydrogen-bond acceptors (Lipinski definition) is 4. The number of benzene rings is 2. The van der Waals surface area contributed by atoms with E-state index in [4.69, 9.17) is 15.6 Å². The number of aromatic carboxylic acids is 1. The van der Waals surface area contributed by atoms with Crippen LogP contribution in [-0.2, 0) is 11.2 Å². The van der Waals surface area contributed by atoms with E-state index in [9.17, 15) is 9.59 Å². The van der Waals surface area contributed by atoms with Crippen molar-refractivity contribution in [3.8, 4) is 0 Å². The summed E-state index contributed by atoms with van der Waals surface area (Å²) in [6.07, 6.45) is 0.213. The second-order valence-corrected chi connectivity index (χ2v) is 6.98. The van der Waals surface area contributed by atoms with Crippen LogP contribution in [0.1, 0.15) is 47.1 Å². The minimum absolute atomic E-state index is 0.110. The molecule has 2 rings (SSSR count). The van der Waals surface area contributed by atoms with Gasteiger partial charge in [-0.05, 0) is 38.5 Å². The summed E-state index contributed by atoms with van der Waals surface area (Å²) in [7, 11) is 0. The zero-order valence-electron chi connectivity index (χ0n) is 14.7. The Kier molecular flexibility index (Phi) is 5.40. The molecular weight excluding hydrogens is 318 g/mol. The Morgan fingerprint density at radius 2 is 1.48 bits per heavy atom. The molecule has 3 N–H and O–H groups in total. The van der Waals surface area contributed by atoms with Crippen molar-refractivity contribution in [1.29, 1.82) is 0 Å². The van der Waals surface area contributed by atoms with Crippen LogP contribution in [0.5, 0.6) is 0 Å². The van der Waals surface area contributed by atoms with E-state index in [1.807, 2.05) is 51.1 Å². The van der Waals surface area contributed by atoms with Crippen molar-refractivity contribution < 1.29 is 19.4 Å². The molecule has 0 unspecified atom stereocenters. The van der Waals surface area contributed by atoms with Crippen LogP contribution in [0.15, 0.2) is 54.6 Å². The van der Waals surface area contributed by atoms with Crippen LogP contribution >= 0.6 is 0 Å². The Labute approximate surface area is 147 Å². The summed E-state index contributed by atoms with van der Waals surface area (Å²) in [4.78, 5) is 24.0. The summed E-state index contributed by atoms with van der Waals surface area (Å²) < 4.78 is 5.94. The lowest BCUT2D eigenvalue weighted by molar-refractivity contribution is -0.105. The molecule has 0 spiro atoms. The lowest BCUT2D eigenvalue weighted by Crippen LogP contribution is -2.56. The van der Waals surface area contributed by atoms with E-state index >= 15 is 0 Å². The van der Waals surface area contributed by atoms with Gasteiger partial charge in [0.25, 0.3) is 0 Å². The molecule has 5 nitrogen and oxygen atoms in total. The van der Waals surface area contributed by atoms with Crippen LogP contribution in [0.25, 0.3) is 0 Å². The minimum atomic E-state index is -1.55. The molecule has 0 aliphatic heterocycles. The normalized spacial score (nSPS) is 13.9.